The number of carbonyl (C=O) groups is 1. The molecule has 3 nitrogen and oxygen atoms in total. The number of nitrogens with zero attached hydrogens (tertiary/aromatic N) is 2. The first kappa shape index (κ1) is 12.4. The van der Waals surface area contributed by atoms with Crippen LogP contribution in [0.2, 0.25) is 5.02 Å². The lowest BCUT2D eigenvalue weighted by Crippen LogP contribution is -2.24. The van der Waals surface area contributed by atoms with Crippen LogP contribution in [-0.4, -0.2) is 15.6 Å². The molecule has 3 rings (SSSR count). The van der Waals surface area contributed by atoms with Gasteiger partial charge in [0.15, 0.2) is 5.78 Å². The Morgan fingerprint density at radius 3 is 2.79 bits per heavy atom. The van der Waals surface area contributed by atoms with E-state index >= 15 is 0 Å². The molecule has 98 valence electrons. The summed E-state index contributed by atoms with van der Waals surface area (Å²) in [5, 5.41) is 4.49. The maximum absolute atomic E-state index is 12.6. The number of Topliss-reactive ketones (excluding diaryl/α,β-unsaturated/α-hetero) is 1. The van der Waals surface area contributed by atoms with Crippen molar-refractivity contribution in [3.05, 3.63) is 52.3 Å². The predicted octanol–water partition coefficient (Wildman–Crippen LogP) is 3.06. The van der Waals surface area contributed by atoms with Gasteiger partial charge >= 0.3 is 0 Å². The third-order valence-corrected chi connectivity index (χ3v) is 4.12. The first-order chi connectivity index (χ1) is 9.16. The molecule has 1 atom stereocenters. The van der Waals surface area contributed by atoms with Crippen molar-refractivity contribution in [2.24, 2.45) is 13.0 Å². The van der Waals surface area contributed by atoms with Gasteiger partial charge in [-0.1, -0.05) is 35.9 Å². The van der Waals surface area contributed by atoms with Crippen LogP contribution in [0.3, 0.4) is 0 Å². The second kappa shape index (κ2) is 4.82. The Morgan fingerprint density at radius 2 is 2.11 bits per heavy atom. The van der Waals surface area contributed by atoms with E-state index in [1.807, 2.05) is 6.07 Å². The van der Waals surface area contributed by atoms with E-state index in [1.54, 1.807) is 11.7 Å². The topological polar surface area (TPSA) is 34.9 Å². The molecular weight excluding hydrogens is 260 g/mol. The number of aromatic nitrogens is 2. The second-order valence-corrected chi connectivity index (χ2v) is 5.44. The van der Waals surface area contributed by atoms with Crippen molar-refractivity contribution >= 4 is 17.4 Å². The summed E-state index contributed by atoms with van der Waals surface area (Å²) in [4.78, 5) is 12.6. The lowest BCUT2D eigenvalue weighted by molar-refractivity contribution is 0.0899. The van der Waals surface area contributed by atoms with Gasteiger partial charge in [0.2, 0.25) is 0 Å². The number of carbonyl (C=O) groups excluding carboxylic acids is 1. The van der Waals surface area contributed by atoms with Gasteiger partial charge < -0.3 is 0 Å². The Kier molecular flexibility index (Phi) is 3.15. The standard InChI is InChI=1S/C15H15ClN2O/c1-18-14(13(16)9-17-18)15(19)12-7-6-10-4-2-3-5-11(10)8-12/h2-5,9,12H,6-8H2,1H3. The molecule has 0 fully saturated rings. The number of hydrogen-bond acceptors (Lipinski definition) is 2. The normalized spacial score (nSPS) is 18.1. The zero-order chi connectivity index (χ0) is 13.4. The molecule has 1 aliphatic carbocycles. The number of aryl methyl sites for hydroxylation is 2. The van der Waals surface area contributed by atoms with Crippen LogP contribution in [-0.2, 0) is 19.9 Å². The highest BCUT2D eigenvalue weighted by atomic mass is 35.5. The monoisotopic (exact) mass is 274 g/mol. The van der Waals surface area contributed by atoms with Crippen LogP contribution >= 0.6 is 11.6 Å². The number of hydrogen-bond donors (Lipinski definition) is 0. The van der Waals surface area contributed by atoms with Crippen molar-refractivity contribution in [2.45, 2.75) is 19.3 Å². The highest BCUT2D eigenvalue weighted by Crippen LogP contribution is 2.29. The van der Waals surface area contributed by atoms with Crippen LogP contribution < -0.4 is 0 Å². The smallest absolute Gasteiger partial charge is 0.185 e. The summed E-state index contributed by atoms with van der Waals surface area (Å²) in [7, 11) is 1.76. The van der Waals surface area contributed by atoms with Crippen molar-refractivity contribution in [1.29, 1.82) is 0 Å². The highest BCUT2D eigenvalue weighted by Gasteiger charge is 2.28. The minimum Gasteiger partial charge on any atom is -0.292 e. The van der Waals surface area contributed by atoms with Gasteiger partial charge in [-0.2, -0.15) is 5.10 Å². The van der Waals surface area contributed by atoms with E-state index in [0.717, 1.165) is 19.3 Å². The molecule has 2 aromatic rings. The molecule has 0 N–H and O–H groups in total. The summed E-state index contributed by atoms with van der Waals surface area (Å²) in [6.45, 7) is 0. The molecule has 0 saturated carbocycles. The van der Waals surface area contributed by atoms with Gasteiger partial charge in [-0.3, -0.25) is 9.48 Å². The lowest BCUT2D eigenvalue weighted by atomic mass is 9.81. The minimum atomic E-state index is 0.0165. The summed E-state index contributed by atoms with van der Waals surface area (Å²) >= 11 is 6.06. The number of halogens is 1. The van der Waals surface area contributed by atoms with E-state index in [0.29, 0.717) is 10.7 Å². The number of ketones is 1. The van der Waals surface area contributed by atoms with Gasteiger partial charge in [0.1, 0.15) is 5.69 Å². The average molecular weight is 275 g/mol. The molecule has 0 radical (unpaired) electrons. The van der Waals surface area contributed by atoms with Crippen LogP contribution in [0.5, 0.6) is 0 Å². The van der Waals surface area contributed by atoms with E-state index < -0.39 is 0 Å². The molecule has 4 heteroatoms. The van der Waals surface area contributed by atoms with Crippen molar-refractivity contribution in [3.8, 4) is 0 Å². The van der Waals surface area contributed by atoms with Crippen LogP contribution in [0.15, 0.2) is 30.5 Å². The lowest BCUT2D eigenvalue weighted by Gasteiger charge is -2.23. The SMILES string of the molecule is Cn1ncc(Cl)c1C(=O)C1CCc2ccccc2C1. The largest absolute Gasteiger partial charge is 0.292 e. The molecule has 1 unspecified atom stereocenters. The van der Waals surface area contributed by atoms with Crippen molar-refractivity contribution in [1.82, 2.24) is 9.78 Å². The molecule has 1 aromatic carbocycles. The Hall–Kier alpha value is -1.61. The quantitative estimate of drug-likeness (QED) is 0.789. The van der Waals surface area contributed by atoms with Crippen molar-refractivity contribution in [3.63, 3.8) is 0 Å². The van der Waals surface area contributed by atoms with Crippen LogP contribution in [0.1, 0.15) is 28.0 Å². The minimum absolute atomic E-state index is 0.0165. The fraction of sp³-hybridized carbons (Fsp3) is 0.333. The molecule has 1 aromatic heterocycles. The van der Waals surface area contributed by atoms with E-state index in [1.165, 1.54) is 17.3 Å². The molecular formula is C15H15ClN2O. The molecule has 0 aliphatic heterocycles. The van der Waals surface area contributed by atoms with E-state index in [4.69, 9.17) is 11.6 Å². The van der Waals surface area contributed by atoms with Crippen LogP contribution in [0, 0.1) is 5.92 Å². The fourth-order valence-corrected chi connectivity index (χ4v) is 3.06. The average Bonchev–Trinajstić information content (AvgIpc) is 2.77. The number of benzene rings is 1. The molecule has 1 heterocycles. The maximum atomic E-state index is 12.6. The third kappa shape index (κ3) is 2.19. The summed E-state index contributed by atoms with van der Waals surface area (Å²) in [6.07, 6.45) is 4.18. The van der Waals surface area contributed by atoms with Gasteiger partial charge in [-0.05, 0) is 30.4 Å². The zero-order valence-corrected chi connectivity index (χ0v) is 11.5. The van der Waals surface area contributed by atoms with E-state index in [9.17, 15) is 4.79 Å². The van der Waals surface area contributed by atoms with Gasteiger partial charge in [-0.25, -0.2) is 0 Å². The summed E-state index contributed by atoms with van der Waals surface area (Å²) in [6, 6.07) is 8.34. The Morgan fingerprint density at radius 1 is 1.37 bits per heavy atom. The maximum Gasteiger partial charge on any atom is 0.185 e. The number of rotatable bonds is 2. The van der Waals surface area contributed by atoms with Gasteiger partial charge in [0.05, 0.1) is 11.2 Å². The van der Waals surface area contributed by atoms with Gasteiger partial charge in [0, 0.05) is 13.0 Å². The van der Waals surface area contributed by atoms with Crippen molar-refractivity contribution < 1.29 is 4.79 Å². The molecule has 0 saturated heterocycles. The first-order valence-corrected chi connectivity index (χ1v) is 6.83. The highest BCUT2D eigenvalue weighted by molar-refractivity contribution is 6.33. The Balaban J connectivity index is 1.88. The molecule has 19 heavy (non-hydrogen) atoms. The van der Waals surface area contributed by atoms with E-state index in [2.05, 4.69) is 23.3 Å². The second-order valence-electron chi connectivity index (χ2n) is 5.04. The first-order valence-electron chi connectivity index (χ1n) is 6.45. The van der Waals surface area contributed by atoms with Crippen LogP contribution in [0.4, 0.5) is 0 Å². The fourth-order valence-electron chi connectivity index (χ4n) is 2.80. The third-order valence-electron chi connectivity index (χ3n) is 3.85. The van der Waals surface area contributed by atoms with E-state index in [-0.39, 0.29) is 11.7 Å². The van der Waals surface area contributed by atoms with Gasteiger partial charge in [0.25, 0.3) is 0 Å². The molecule has 1 aliphatic rings. The number of fused-ring (bicyclic) bond motifs is 1. The molecule has 0 bridgehead atoms. The Bertz CT molecular complexity index is 613. The Labute approximate surface area is 117 Å². The predicted molar refractivity (Wildman–Crippen MR) is 74.5 cm³/mol. The summed E-state index contributed by atoms with van der Waals surface area (Å²) < 4.78 is 1.57. The molecule has 0 amide bonds. The van der Waals surface area contributed by atoms with Crippen molar-refractivity contribution in [2.75, 3.05) is 0 Å². The van der Waals surface area contributed by atoms with Crippen LogP contribution in [0.25, 0.3) is 0 Å². The summed E-state index contributed by atoms with van der Waals surface area (Å²) in [5.74, 6) is 0.127. The molecule has 0 spiro atoms. The van der Waals surface area contributed by atoms with Gasteiger partial charge in [-0.15, -0.1) is 0 Å². The summed E-state index contributed by atoms with van der Waals surface area (Å²) in [5.41, 5.74) is 3.18. The zero-order valence-electron chi connectivity index (χ0n) is 10.8.